The van der Waals surface area contributed by atoms with Crippen LogP contribution in [0.25, 0.3) is 0 Å². The first-order chi connectivity index (χ1) is 16.1. The lowest BCUT2D eigenvalue weighted by atomic mass is 10.3. The Bertz CT molecular complexity index is 363. The molecule has 0 atom stereocenters. The summed E-state index contributed by atoms with van der Waals surface area (Å²) in [5, 5.41) is 0. The highest BCUT2D eigenvalue weighted by atomic mass is 33.5. The van der Waals surface area contributed by atoms with Crippen LogP contribution in [0.3, 0.4) is 0 Å². The Hall–Kier alpha value is 1.32. The quantitative estimate of drug-likeness (QED) is 0.0471. The summed E-state index contributed by atoms with van der Waals surface area (Å²) in [7, 11) is 4.22. The van der Waals surface area contributed by atoms with Crippen LogP contribution in [0.15, 0.2) is 0 Å². The molecule has 0 unspecified atom stereocenters. The van der Waals surface area contributed by atoms with Crippen molar-refractivity contribution in [2.75, 3.05) is 26.4 Å². The summed E-state index contributed by atoms with van der Waals surface area (Å²) in [4.78, 5) is 0. The molecule has 0 aliphatic carbocycles. The molecule has 0 spiro atoms. The second-order valence-corrected chi connectivity index (χ2v) is 17.2. The Morgan fingerprint density at radius 2 is 0.758 bits per heavy atom. The van der Waals surface area contributed by atoms with Crippen LogP contribution in [0.5, 0.6) is 0 Å². The van der Waals surface area contributed by atoms with E-state index < -0.39 is 28.5 Å². The van der Waals surface area contributed by atoms with E-state index >= 15 is 0 Å². The fraction of sp³-hybridized carbons (Fsp3) is 1.00. The van der Waals surface area contributed by atoms with Gasteiger partial charge in [0.1, 0.15) is 19.0 Å². The van der Waals surface area contributed by atoms with Crippen LogP contribution in [0.4, 0.5) is 0 Å². The average Bonchev–Trinajstić information content (AvgIpc) is 2.84. The van der Waals surface area contributed by atoms with Crippen LogP contribution in [0.2, 0.25) is 13.1 Å². The summed E-state index contributed by atoms with van der Waals surface area (Å²) < 4.78 is 24.8. The Morgan fingerprint density at radius 1 is 0.485 bits per heavy atom. The molecule has 0 fully saturated rings. The molecule has 0 amide bonds. The second kappa shape index (κ2) is 23.7. The lowest BCUT2D eigenvalue weighted by Crippen LogP contribution is -2.39. The van der Waals surface area contributed by atoms with Gasteiger partial charge in [-0.15, -0.1) is 0 Å². The topological polar surface area (TPSA) is 36.9 Å². The summed E-state index contributed by atoms with van der Waals surface area (Å²) in [6.45, 7) is 16.7. The molecule has 0 aromatic heterocycles. The number of hydrogen-bond donors (Lipinski definition) is 0. The van der Waals surface area contributed by atoms with E-state index in [4.69, 9.17) is 18.9 Å². The van der Waals surface area contributed by atoms with Crippen molar-refractivity contribution in [2.24, 2.45) is 0 Å². The molecule has 0 rings (SSSR count). The van der Waals surface area contributed by atoms with Gasteiger partial charge in [-0.3, -0.25) is 0 Å². The van der Waals surface area contributed by atoms with Gasteiger partial charge in [-0.2, -0.15) is 0 Å². The third-order valence-electron chi connectivity index (χ3n) is 5.47. The molecular weight excluding hydrogens is 505 g/mol. The monoisotopic (exact) mass is 558 g/mol. The Labute approximate surface area is 222 Å². The van der Waals surface area contributed by atoms with Crippen LogP contribution in [-0.2, 0) is 18.9 Å². The van der Waals surface area contributed by atoms with Crippen molar-refractivity contribution in [3.8, 4) is 0 Å². The minimum Gasteiger partial charge on any atom is -0.345 e. The molecule has 0 bridgehead atoms. The fourth-order valence-corrected chi connectivity index (χ4v) is 14.4. The highest BCUT2D eigenvalue weighted by molar-refractivity contribution is 9.10. The molecule has 0 saturated carbocycles. The molecule has 0 N–H and O–H groups in total. The molecule has 0 aliphatic rings. The Balaban J connectivity index is 5.04. The number of unbranched alkanes of at least 4 members (excludes halogenated alkanes) is 8. The standard InChI is InChI=1S/C24H54O4S3Si2/c1-7-11-15-19-25-23(32-5,26-20-16-12-8-2)29-31-30-24(33-6,27-21-17-13-9-3)28-22-18-14-10-4/h7-22,32-33H2,1-6H3. The van der Waals surface area contributed by atoms with Crippen molar-refractivity contribution >= 4 is 50.5 Å². The van der Waals surface area contributed by atoms with E-state index in [1.165, 1.54) is 51.4 Å². The lowest BCUT2D eigenvalue weighted by Gasteiger charge is -2.35. The summed E-state index contributed by atoms with van der Waals surface area (Å²) in [5.74, 6) is 0. The third-order valence-corrected chi connectivity index (χ3v) is 16.1. The summed E-state index contributed by atoms with van der Waals surface area (Å²) in [6.07, 6.45) is 14.1. The first kappa shape index (κ1) is 34.3. The number of ether oxygens (including phenoxy) is 4. The van der Waals surface area contributed by atoms with E-state index in [0.29, 0.717) is 0 Å². The van der Waals surface area contributed by atoms with Crippen molar-refractivity contribution in [3.05, 3.63) is 0 Å². The van der Waals surface area contributed by atoms with Gasteiger partial charge in [-0.1, -0.05) is 92.2 Å². The van der Waals surface area contributed by atoms with Crippen LogP contribution in [0, 0.1) is 0 Å². The second-order valence-electron chi connectivity index (χ2n) is 8.53. The Kier molecular flexibility index (Phi) is 24.7. The normalized spacial score (nSPS) is 13.3. The maximum absolute atomic E-state index is 6.43. The van der Waals surface area contributed by atoms with Gasteiger partial charge in [0.25, 0.3) is 0 Å². The minimum absolute atomic E-state index is 0.454. The predicted molar refractivity (Wildman–Crippen MR) is 159 cm³/mol. The molecule has 200 valence electrons. The van der Waals surface area contributed by atoms with Gasteiger partial charge in [0.15, 0.2) is 0 Å². The van der Waals surface area contributed by atoms with Gasteiger partial charge in [-0.05, 0) is 57.1 Å². The van der Waals surface area contributed by atoms with Gasteiger partial charge >= 0.3 is 0 Å². The molecule has 33 heavy (non-hydrogen) atoms. The molecule has 0 aromatic rings. The SMILES string of the molecule is CCCCCOC(OCCCCC)([SiH2]C)SSSC(OCCCCC)(OCCCCC)[SiH2]C. The molecule has 0 aliphatic heterocycles. The van der Waals surface area contributed by atoms with Crippen molar-refractivity contribution in [1.29, 1.82) is 0 Å². The zero-order valence-corrected chi connectivity index (χ0v) is 27.9. The zero-order valence-electron chi connectivity index (χ0n) is 22.6. The van der Waals surface area contributed by atoms with Crippen LogP contribution < -0.4 is 0 Å². The van der Waals surface area contributed by atoms with Gasteiger partial charge in [0, 0.05) is 0 Å². The molecule has 0 radical (unpaired) electrons. The first-order valence-electron chi connectivity index (χ1n) is 13.7. The summed E-state index contributed by atoms with van der Waals surface area (Å²) in [5.41, 5.74) is 0. The van der Waals surface area contributed by atoms with E-state index in [1.807, 2.05) is 0 Å². The molecule has 0 saturated heterocycles. The minimum atomic E-state index is -0.549. The van der Waals surface area contributed by atoms with E-state index in [-0.39, 0.29) is 0 Å². The van der Waals surface area contributed by atoms with Crippen molar-refractivity contribution in [1.82, 2.24) is 0 Å². The first-order valence-corrected chi connectivity index (χ1v) is 21.4. The van der Waals surface area contributed by atoms with Crippen molar-refractivity contribution in [2.45, 2.75) is 127 Å². The largest absolute Gasteiger partial charge is 0.345 e. The highest BCUT2D eigenvalue weighted by Crippen LogP contribution is 2.50. The van der Waals surface area contributed by atoms with Gasteiger partial charge in [0.05, 0.1) is 26.4 Å². The molecular formula is C24H54O4S3Si2. The summed E-state index contributed by atoms with van der Waals surface area (Å²) >= 11 is 0. The van der Waals surface area contributed by atoms with Crippen LogP contribution in [0.1, 0.15) is 105 Å². The van der Waals surface area contributed by atoms with Crippen LogP contribution >= 0.6 is 31.4 Å². The maximum Gasteiger partial charge on any atom is 0.200 e. The third kappa shape index (κ3) is 17.4. The van der Waals surface area contributed by atoms with E-state index in [0.717, 1.165) is 52.1 Å². The zero-order chi connectivity index (χ0) is 24.7. The lowest BCUT2D eigenvalue weighted by molar-refractivity contribution is -0.118. The van der Waals surface area contributed by atoms with Crippen molar-refractivity contribution < 1.29 is 18.9 Å². The van der Waals surface area contributed by atoms with E-state index in [1.54, 1.807) is 31.4 Å². The van der Waals surface area contributed by atoms with E-state index in [9.17, 15) is 0 Å². The molecule has 4 nitrogen and oxygen atoms in total. The smallest absolute Gasteiger partial charge is 0.200 e. The number of rotatable bonds is 26. The maximum atomic E-state index is 6.43. The predicted octanol–water partition coefficient (Wildman–Crippen LogP) is 7.50. The fourth-order valence-electron chi connectivity index (χ4n) is 3.15. The molecule has 9 heteroatoms. The van der Waals surface area contributed by atoms with Crippen LogP contribution in [-0.4, -0.2) is 55.0 Å². The Morgan fingerprint density at radius 3 is 0.970 bits per heavy atom. The molecule has 0 heterocycles. The van der Waals surface area contributed by atoms with Gasteiger partial charge in [-0.25, -0.2) is 0 Å². The van der Waals surface area contributed by atoms with Crippen molar-refractivity contribution in [3.63, 3.8) is 0 Å². The molecule has 0 aromatic carbocycles. The van der Waals surface area contributed by atoms with Gasteiger partial charge in [0.2, 0.25) is 9.48 Å². The average molecular weight is 559 g/mol. The summed E-state index contributed by atoms with van der Waals surface area (Å²) in [6, 6.07) is 0. The highest BCUT2D eigenvalue weighted by Gasteiger charge is 2.36. The van der Waals surface area contributed by atoms with Gasteiger partial charge < -0.3 is 18.9 Å². The number of hydrogen-bond acceptors (Lipinski definition) is 7. The van der Waals surface area contributed by atoms with E-state index in [2.05, 4.69) is 40.8 Å².